The summed E-state index contributed by atoms with van der Waals surface area (Å²) in [6.07, 6.45) is 0.491. The van der Waals surface area contributed by atoms with E-state index >= 15 is 0 Å². The number of thiophene rings is 1. The van der Waals surface area contributed by atoms with Crippen LogP contribution in [0.25, 0.3) is 0 Å². The summed E-state index contributed by atoms with van der Waals surface area (Å²) in [5, 5.41) is 10.8. The Balaban J connectivity index is 2.39. The van der Waals surface area contributed by atoms with Gasteiger partial charge in [0.1, 0.15) is 5.00 Å². The van der Waals surface area contributed by atoms with Crippen molar-refractivity contribution >= 4 is 34.1 Å². The number of nitrogens with zero attached hydrogens (tertiary/aromatic N) is 1. The number of hydrogen-bond acceptors (Lipinski definition) is 4. The van der Waals surface area contributed by atoms with Gasteiger partial charge in [-0.3, -0.25) is 9.59 Å². The molecule has 5 nitrogen and oxygen atoms in total. The Morgan fingerprint density at radius 2 is 1.89 bits per heavy atom. The summed E-state index contributed by atoms with van der Waals surface area (Å²) in [6.45, 7) is 3.71. The second-order valence-corrected chi connectivity index (χ2v) is 5.98. The van der Waals surface area contributed by atoms with Crippen molar-refractivity contribution in [2.45, 2.75) is 26.7 Å². The minimum atomic E-state index is -1.13. The topological polar surface area (TPSA) is 74.7 Å². The van der Waals surface area contributed by atoms with Gasteiger partial charge in [-0.15, -0.1) is 11.3 Å². The van der Waals surface area contributed by atoms with Gasteiger partial charge in [0, 0.05) is 12.8 Å². The van der Waals surface area contributed by atoms with Gasteiger partial charge in [-0.1, -0.05) is 13.8 Å². The quantitative estimate of drug-likeness (QED) is 0.833. The van der Waals surface area contributed by atoms with E-state index in [1.165, 1.54) is 6.07 Å². The van der Waals surface area contributed by atoms with Crippen LogP contribution in [0, 0.1) is 5.41 Å². The fraction of sp³-hybridized carbons (Fsp3) is 0.417. The summed E-state index contributed by atoms with van der Waals surface area (Å²) in [6, 6.07) is 1.41. The molecule has 0 aliphatic carbocycles. The van der Waals surface area contributed by atoms with Crippen LogP contribution in [0.3, 0.4) is 0 Å². The molecular weight excluding hydrogens is 254 g/mol. The van der Waals surface area contributed by atoms with Crippen molar-refractivity contribution in [1.29, 1.82) is 0 Å². The number of rotatable bonds is 2. The van der Waals surface area contributed by atoms with Crippen molar-refractivity contribution in [1.82, 2.24) is 0 Å². The third-order valence-corrected chi connectivity index (χ3v) is 3.73. The van der Waals surface area contributed by atoms with Crippen LogP contribution in [0.4, 0.5) is 5.00 Å². The third kappa shape index (κ3) is 2.15. The molecule has 96 valence electrons. The van der Waals surface area contributed by atoms with Crippen LogP contribution in [0.15, 0.2) is 11.4 Å². The number of anilines is 1. The molecule has 2 rings (SSSR count). The zero-order valence-electron chi connectivity index (χ0n) is 10.1. The molecule has 1 saturated heterocycles. The maximum absolute atomic E-state index is 12.0. The van der Waals surface area contributed by atoms with E-state index in [-0.39, 0.29) is 40.6 Å². The monoisotopic (exact) mass is 267 g/mol. The molecule has 0 saturated carbocycles. The summed E-state index contributed by atoms with van der Waals surface area (Å²) in [4.78, 5) is 36.1. The highest BCUT2D eigenvalue weighted by molar-refractivity contribution is 7.15. The molecule has 18 heavy (non-hydrogen) atoms. The highest BCUT2D eigenvalue weighted by Crippen LogP contribution is 2.37. The molecule has 1 N–H and O–H groups in total. The number of piperidine rings is 1. The van der Waals surface area contributed by atoms with Crippen LogP contribution in [-0.2, 0) is 9.59 Å². The molecule has 0 aromatic carbocycles. The maximum atomic E-state index is 12.0. The number of hydrogen-bond donors (Lipinski definition) is 1. The number of imide groups is 1. The van der Waals surface area contributed by atoms with Crippen molar-refractivity contribution in [2.24, 2.45) is 5.41 Å². The van der Waals surface area contributed by atoms with Gasteiger partial charge in [0.15, 0.2) is 0 Å². The lowest BCUT2D eigenvalue weighted by Crippen LogP contribution is -2.46. The number of aromatic carboxylic acids is 1. The molecule has 2 amide bonds. The SMILES string of the molecule is CC1(C)CC(=O)N(c2sccc2C(=O)O)C(=O)C1. The predicted molar refractivity (Wildman–Crippen MR) is 66.8 cm³/mol. The Morgan fingerprint density at radius 1 is 1.33 bits per heavy atom. The van der Waals surface area contributed by atoms with Crippen LogP contribution in [0.2, 0.25) is 0 Å². The Labute approximate surface area is 108 Å². The molecule has 1 fully saturated rings. The van der Waals surface area contributed by atoms with Crippen LogP contribution in [0.1, 0.15) is 37.0 Å². The molecule has 2 heterocycles. The fourth-order valence-electron chi connectivity index (χ4n) is 2.04. The van der Waals surface area contributed by atoms with Crippen molar-refractivity contribution in [3.63, 3.8) is 0 Å². The van der Waals surface area contributed by atoms with Gasteiger partial charge in [-0.25, -0.2) is 9.69 Å². The highest BCUT2D eigenvalue weighted by Gasteiger charge is 2.39. The first-order valence-corrected chi connectivity index (χ1v) is 6.36. The average molecular weight is 267 g/mol. The van der Waals surface area contributed by atoms with E-state index in [0.29, 0.717) is 0 Å². The summed E-state index contributed by atoms with van der Waals surface area (Å²) < 4.78 is 0. The number of carbonyl (C=O) groups excluding carboxylic acids is 2. The standard InChI is InChI=1S/C12H13NO4S/c1-12(2)5-8(14)13(9(15)6-12)10-7(11(16)17)3-4-18-10/h3-4H,5-6H2,1-2H3,(H,16,17). The summed E-state index contributed by atoms with van der Waals surface area (Å²) in [7, 11) is 0. The van der Waals surface area contributed by atoms with Crippen LogP contribution < -0.4 is 4.90 Å². The molecule has 1 aliphatic rings. The van der Waals surface area contributed by atoms with E-state index in [0.717, 1.165) is 16.2 Å². The van der Waals surface area contributed by atoms with E-state index in [9.17, 15) is 14.4 Å². The number of carboxylic acids is 1. The molecule has 0 unspecified atom stereocenters. The van der Waals surface area contributed by atoms with Gasteiger partial charge in [-0.2, -0.15) is 0 Å². The zero-order valence-corrected chi connectivity index (χ0v) is 10.9. The Kier molecular flexibility index (Phi) is 2.98. The molecule has 1 aliphatic heterocycles. The Bertz CT molecular complexity index is 512. The summed E-state index contributed by atoms with van der Waals surface area (Å²) >= 11 is 1.10. The third-order valence-electron chi connectivity index (χ3n) is 2.84. The molecule has 0 bridgehead atoms. The second-order valence-electron chi connectivity index (χ2n) is 5.09. The van der Waals surface area contributed by atoms with Crippen LogP contribution in [-0.4, -0.2) is 22.9 Å². The first-order valence-electron chi connectivity index (χ1n) is 5.48. The normalized spacial score (nSPS) is 19.1. The summed E-state index contributed by atoms with van der Waals surface area (Å²) in [5.74, 6) is -1.79. The van der Waals surface area contributed by atoms with E-state index in [1.807, 2.05) is 13.8 Å². The molecule has 0 atom stereocenters. The maximum Gasteiger partial charge on any atom is 0.338 e. The van der Waals surface area contributed by atoms with Gasteiger partial charge in [0.05, 0.1) is 5.56 Å². The van der Waals surface area contributed by atoms with Crippen LogP contribution in [0.5, 0.6) is 0 Å². The number of carbonyl (C=O) groups is 3. The van der Waals surface area contributed by atoms with Gasteiger partial charge < -0.3 is 5.11 Å². The van der Waals surface area contributed by atoms with E-state index < -0.39 is 5.97 Å². The molecule has 6 heteroatoms. The van der Waals surface area contributed by atoms with Gasteiger partial charge in [0.25, 0.3) is 0 Å². The second kappa shape index (κ2) is 4.20. The summed E-state index contributed by atoms with van der Waals surface area (Å²) in [5.41, 5.74) is -0.355. The minimum Gasteiger partial charge on any atom is -0.478 e. The van der Waals surface area contributed by atoms with E-state index in [2.05, 4.69) is 0 Å². The number of carboxylic acid groups (broad SMARTS) is 1. The number of amides is 2. The molecular formula is C12H13NO4S. The van der Waals surface area contributed by atoms with E-state index in [1.54, 1.807) is 5.38 Å². The first kappa shape index (κ1) is 12.8. The smallest absolute Gasteiger partial charge is 0.338 e. The van der Waals surface area contributed by atoms with Crippen molar-refractivity contribution < 1.29 is 19.5 Å². The largest absolute Gasteiger partial charge is 0.478 e. The predicted octanol–water partition coefficient (Wildman–Crippen LogP) is 2.13. The van der Waals surface area contributed by atoms with Gasteiger partial charge >= 0.3 is 5.97 Å². The molecule has 1 aromatic rings. The lowest BCUT2D eigenvalue weighted by atomic mass is 9.82. The van der Waals surface area contributed by atoms with Crippen molar-refractivity contribution in [2.75, 3.05) is 4.90 Å². The Morgan fingerprint density at radius 3 is 2.39 bits per heavy atom. The zero-order chi connectivity index (χ0) is 13.5. The van der Waals surface area contributed by atoms with Crippen molar-refractivity contribution in [3.05, 3.63) is 17.0 Å². The molecule has 1 aromatic heterocycles. The Hall–Kier alpha value is -1.69. The molecule has 0 radical (unpaired) electrons. The lowest BCUT2D eigenvalue weighted by molar-refractivity contribution is -0.132. The van der Waals surface area contributed by atoms with Crippen molar-refractivity contribution in [3.8, 4) is 0 Å². The van der Waals surface area contributed by atoms with E-state index in [4.69, 9.17) is 5.11 Å². The molecule has 0 spiro atoms. The van der Waals surface area contributed by atoms with Gasteiger partial charge in [-0.05, 0) is 16.9 Å². The average Bonchev–Trinajstić information content (AvgIpc) is 2.62. The fourth-order valence-corrected chi connectivity index (χ4v) is 2.97. The van der Waals surface area contributed by atoms with Gasteiger partial charge in [0.2, 0.25) is 11.8 Å². The first-order chi connectivity index (χ1) is 8.32. The highest BCUT2D eigenvalue weighted by atomic mass is 32.1. The minimum absolute atomic E-state index is 0.00130. The lowest BCUT2D eigenvalue weighted by Gasteiger charge is -2.34. The van der Waals surface area contributed by atoms with Crippen LogP contribution >= 0.6 is 11.3 Å².